The molecule has 0 saturated heterocycles. The van der Waals surface area contributed by atoms with E-state index in [-0.39, 0.29) is 11.8 Å². The lowest BCUT2D eigenvalue weighted by Gasteiger charge is -2.40. The zero-order chi connectivity index (χ0) is 14.8. The van der Waals surface area contributed by atoms with Crippen molar-refractivity contribution in [3.8, 4) is 0 Å². The Morgan fingerprint density at radius 3 is 2.76 bits per heavy atom. The van der Waals surface area contributed by atoms with Crippen molar-refractivity contribution in [3.63, 3.8) is 0 Å². The second kappa shape index (κ2) is 6.22. The number of nitrogens with two attached hydrogens (primary N) is 1. The molecule has 0 aliphatic heterocycles. The molecule has 116 valence electrons. The van der Waals surface area contributed by atoms with Crippen LogP contribution in [0.25, 0.3) is 0 Å². The second-order valence-corrected chi connectivity index (χ2v) is 6.60. The first-order valence-corrected chi connectivity index (χ1v) is 8.12. The largest absolute Gasteiger partial charge is 0.463 e. The molecule has 2 saturated carbocycles. The van der Waals surface area contributed by atoms with E-state index in [2.05, 4.69) is 4.74 Å². The summed E-state index contributed by atoms with van der Waals surface area (Å²) in [5, 5.41) is 0. The Hall–Kier alpha value is -1.29. The van der Waals surface area contributed by atoms with Gasteiger partial charge in [0.2, 0.25) is 5.76 Å². The Balaban J connectivity index is 1.66. The summed E-state index contributed by atoms with van der Waals surface area (Å²) in [6, 6.07) is 3.38. The molecule has 4 heteroatoms. The first-order valence-electron chi connectivity index (χ1n) is 8.12. The van der Waals surface area contributed by atoms with E-state index in [0.29, 0.717) is 5.92 Å². The first-order chi connectivity index (χ1) is 10.2. The molecule has 21 heavy (non-hydrogen) atoms. The number of ether oxygens (including phenoxy) is 1. The SMILES string of the molecule is COC(=O)c1ccc(C(N)C2CCC3CCCCC3C2)o1. The molecule has 1 heterocycles. The lowest BCUT2D eigenvalue weighted by atomic mass is 9.66. The van der Waals surface area contributed by atoms with Crippen LogP contribution in [-0.2, 0) is 4.74 Å². The number of fused-ring (bicyclic) bond motifs is 1. The van der Waals surface area contributed by atoms with E-state index in [0.717, 1.165) is 17.6 Å². The van der Waals surface area contributed by atoms with Gasteiger partial charge in [0.05, 0.1) is 13.2 Å². The highest BCUT2D eigenvalue weighted by molar-refractivity contribution is 5.86. The van der Waals surface area contributed by atoms with Crippen molar-refractivity contribution in [1.82, 2.24) is 0 Å². The van der Waals surface area contributed by atoms with E-state index in [1.54, 1.807) is 6.07 Å². The molecular formula is C17H25NO3. The molecule has 4 nitrogen and oxygen atoms in total. The maximum Gasteiger partial charge on any atom is 0.373 e. The Bertz CT molecular complexity index is 496. The highest BCUT2D eigenvalue weighted by atomic mass is 16.5. The van der Waals surface area contributed by atoms with Crippen LogP contribution in [-0.4, -0.2) is 13.1 Å². The van der Waals surface area contributed by atoms with Crippen LogP contribution < -0.4 is 5.73 Å². The molecule has 2 aliphatic rings. The highest BCUT2D eigenvalue weighted by Crippen LogP contribution is 2.45. The number of carbonyl (C=O) groups is 1. The smallest absolute Gasteiger partial charge is 0.373 e. The van der Waals surface area contributed by atoms with Crippen molar-refractivity contribution in [2.45, 2.75) is 51.0 Å². The fourth-order valence-corrected chi connectivity index (χ4v) is 4.21. The summed E-state index contributed by atoms with van der Waals surface area (Å²) < 4.78 is 10.3. The molecule has 2 fully saturated rings. The van der Waals surface area contributed by atoms with Gasteiger partial charge in [-0.05, 0) is 49.1 Å². The number of hydrogen-bond donors (Lipinski definition) is 1. The maximum atomic E-state index is 11.5. The van der Waals surface area contributed by atoms with Gasteiger partial charge in [-0.15, -0.1) is 0 Å². The van der Waals surface area contributed by atoms with Crippen LogP contribution in [0.5, 0.6) is 0 Å². The number of methoxy groups -OCH3 is 1. The van der Waals surface area contributed by atoms with Gasteiger partial charge < -0.3 is 14.9 Å². The minimum absolute atomic E-state index is 0.105. The molecule has 2 N–H and O–H groups in total. The van der Waals surface area contributed by atoms with E-state index in [1.165, 1.54) is 52.1 Å². The van der Waals surface area contributed by atoms with Crippen molar-refractivity contribution in [3.05, 3.63) is 23.7 Å². The standard InChI is InChI=1S/C17H25NO3/c1-20-17(19)15-9-8-14(21-15)16(18)13-7-6-11-4-2-3-5-12(11)10-13/h8-9,11-13,16H,2-7,10,18H2,1H3. The molecule has 1 aromatic rings. The lowest BCUT2D eigenvalue weighted by Crippen LogP contribution is -2.32. The number of furan rings is 1. The van der Waals surface area contributed by atoms with Crippen molar-refractivity contribution in [1.29, 1.82) is 0 Å². The van der Waals surface area contributed by atoms with E-state index in [9.17, 15) is 4.79 Å². The average Bonchev–Trinajstić information content (AvgIpc) is 3.03. The fourth-order valence-electron chi connectivity index (χ4n) is 4.21. The lowest BCUT2D eigenvalue weighted by molar-refractivity contribution is 0.0559. The van der Waals surface area contributed by atoms with E-state index < -0.39 is 5.97 Å². The zero-order valence-electron chi connectivity index (χ0n) is 12.7. The van der Waals surface area contributed by atoms with Gasteiger partial charge in [-0.3, -0.25) is 0 Å². The topological polar surface area (TPSA) is 65.5 Å². The van der Waals surface area contributed by atoms with Crippen LogP contribution in [0.2, 0.25) is 0 Å². The Morgan fingerprint density at radius 2 is 2.00 bits per heavy atom. The van der Waals surface area contributed by atoms with E-state index in [1.807, 2.05) is 6.07 Å². The third-order valence-corrected chi connectivity index (χ3v) is 5.43. The van der Waals surface area contributed by atoms with Crippen LogP contribution in [0, 0.1) is 17.8 Å². The molecule has 4 atom stereocenters. The van der Waals surface area contributed by atoms with Gasteiger partial charge in [0, 0.05) is 0 Å². The summed E-state index contributed by atoms with van der Waals surface area (Å²) in [7, 11) is 1.36. The number of esters is 1. The average molecular weight is 291 g/mol. The maximum absolute atomic E-state index is 11.5. The normalized spacial score (nSPS) is 30.5. The molecule has 3 rings (SSSR count). The van der Waals surface area contributed by atoms with Crippen LogP contribution >= 0.6 is 0 Å². The molecule has 4 unspecified atom stereocenters. The van der Waals surface area contributed by atoms with Crippen molar-refractivity contribution in [2.24, 2.45) is 23.5 Å². The van der Waals surface area contributed by atoms with Gasteiger partial charge >= 0.3 is 5.97 Å². The number of rotatable bonds is 3. The quantitative estimate of drug-likeness (QED) is 0.863. The fraction of sp³-hybridized carbons (Fsp3) is 0.706. The summed E-state index contributed by atoms with van der Waals surface area (Å²) >= 11 is 0. The summed E-state index contributed by atoms with van der Waals surface area (Å²) in [5.41, 5.74) is 6.40. The van der Waals surface area contributed by atoms with Gasteiger partial charge in [-0.25, -0.2) is 4.79 Å². The van der Waals surface area contributed by atoms with Crippen molar-refractivity contribution in [2.75, 3.05) is 7.11 Å². The van der Waals surface area contributed by atoms with E-state index >= 15 is 0 Å². The Labute approximate surface area is 126 Å². The van der Waals surface area contributed by atoms with Crippen molar-refractivity contribution < 1.29 is 13.9 Å². The third kappa shape index (κ3) is 3.00. The summed E-state index contributed by atoms with van der Waals surface area (Å²) in [6.45, 7) is 0. The Morgan fingerprint density at radius 1 is 1.24 bits per heavy atom. The van der Waals surface area contributed by atoms with Crippen LogP contribution in [0.4, 0.5) is 0 Å². The minimum atomic E-state index is -0.440. The van der Waals surface area contributed by atoms with Gasteiger partial charge in [-0.1, -0.05) is 25.7 Å². The van der Waals surface area contributed by atoms with Crippen molar-refractivity contribution >= 4 is 5.97 Å². The zero-order valence-corrected chi connectivity index (χ0v) is 12.7. The van der Waals surface area contributed by atoms with Gasteiger partial charge in [0.25, 0.3) is 0 Å². The molecule has 0 amide bonds. The highest BCUT2D eigenvalue weighted by Gasteiger charge is 2.35. The summed E-state index contributed by atoms with van der Waals surface area (Å²) in [5.74, 6) is 2.76. The molecule has 0 bridgehead atoms. The number of hydrogen-bond acceptors (Lipinski definition) is 4. The van der Waals surface area contributed by atoms with Crippen LogP contribution in [0.15, 0.2) is 16.5 Å². The minimum Gasteiger partial charge on any atom is -0.463 e. The van der Waals surface area contributed by atoms with E-state index in [4.69, 9.17) is 10.2 Å². The second-order valence-electron chi connectivity index (χ2n) is 6.60. The molecule has 2 aliphatic carbocycles. The van der Waals surface area contributed by atoms with Crippen LogP contribution in [0.1, 0.15) is 67.3 Å². The number of carbonyl (C=O) groups excluding carboxylic acids is 1. The first kappa shape index (κ1) is 14.6. The van der Waals surface area contributed by atoms with Gasteiger partial charge in [0.1, 0.15) is 5.76 Å². The molecule has 1 aromatic heterocycles. The van der Waals surface area contributed by atoms with Gasteiger partial charge in [-0.2, -0.15) is 0 Å². The molecule has 0 aromatic carbocycles. The molecular weight excluding hydrogens is 266 g/mol. The molecule has 0 radical (unpaired) electrons. The summed E-state index contributed by atoms with van der Waals surface area (Å²) in [6.07, 6.45) is 9.22. The molecule has 0 spiro atoms. The van der Waals surface area contributed by atoms with Crippen LogP contribution in [0.3, 0.4) is 0 Å². The summed E-state index contributed by atoms with van der Waals surface area (Å²) in [4.78, 5) is 11.5. The monoisotopic (exact) mass is 291 g/mol. The predicted molar refractivity (Wildman–Crippen MR) is 79.8 cm³/mol. The predicted octanol–water partition coefficient (Wildman–Crippen LogP) is 3.67. The Kier molecular flexibility index (Phi) is 4.34. The van der Waals surface area contributed by atoms with Gasteiger partial charge in [0.15, 0.2) is 0 Å². The third-order valence-electron chi connectivity index (χ3n) is 5.43.